The van der Waals surface area contributed by atoms with Crippen LogP contribution in [0.15, 0.2) is 46.7 Å². The molecular formula is C26H33ClN2O2S2. The highest BCUT2D eigenvalue weighted by Crippen LogP contribution is 2.36. The number of anilines is 1. The van der Waals surface area contributed by atoms with Crippen molar-refractivity contribution in [3.63, 3.8) is 0 Å². The second-order valence-corrected chi connectivity index (χ2v) is 12.7. The van der Waals surface area contributed by atoms with Gasteiger partial charge < -0.3 is 5.32 Å². The maximum atomic E-state index is 13.3. The van der Waals surface area contributed by atoms with Crippen molar-refractivity contribution in [1.82, 2.24) is 5.32 Å². The molecule has 0 saturated heterocycles. The zero-order chi connectivity index (χ0) is 23.4. The average Bonchev–Trinajstić information content (AvgIpc) is 2.94. The van der Waals surface area contributed by atoms with Crippen LogP contribution in [0.1, 0.15) is 63.0 Å². The molecule has 0 amide bonds. The van der Waals surface area contributed by atoms with Gasteiger partial charge in [-0.05, 0) is 67.0 Å². The number of hydrogen-bond donors (Lipinski definition) is 2. The molecule has 1 heterocycles. The Hall–Kier alpha value is -1.60. The zero-order valence-corrected chi connectivity index (χ0v) is 21.8. The van der Waals surface area contributed by atoms with Crippen molar-refractivity contribution in [3.05, 3.63) is 58.6 Å². The molecule has 7 heteroatoms. The van der Waals surface area contributed by atoms with Crippen LogP contribution in [0.2, 0.25) is 5.02 Å². The first-order valence-corrected chi connectivity index (χ1v) is 14.5. The lowest BCUT2D eigenvalue weighted by atomic mass is 9.93. The first-order chi connectivity index (χ1) is 15.8. The number of halogens is 1. The highest BCUT2D eigenvalue weighted by molar-refractivity contribution is 7.94. The van der Waals surface area contributed by atoms with Gasteiger partial charge in [0.05, 0.1) is 5.69 Å². The summed E-state index contributed by atoms with van der Waals surface area (Å²) < 4.78 is 30.7. The summed E-state index contributed by atoms with van der Waals surface area (Å²) in [5.74, 6) is 0.799. The number of hydrogen-bond acceptors (Lipinski definition) is 4. The van der Waals surface area contributed by atoms with E-state index in [1.165, 1.54) is 56.3 Å². The van der Waals surface area contributed by atoms with E-state index in [9.17, 15) is 8.42 Å². The van der Waals surface area contributed by atoms with Crippen LogP contribution in [-0.4, -0.2) is 14.5 Å². The second-order valence-electron chi connectivity index (χ2n) is 9.29. The van der Waals surface area contributed by atoms with Crippen LogP contribution in [0.3, 0.4) is 0 Å². The lowest BCUT2D eigenvalue weighted by Crippen LogP contribution is -2.28. The Morgan fingerprint density at radius 3 is 2.58 bits per heavy atom. The molecule has 1 aromatic heterocycles. The van der Waals surface area contributed by atoms with Crippen molar-refractivity contribution >= 4 is 48.7 Å². The van der Waals surface area contributed by atoms with Gasteiger partial charge in [0.1, 0.15) is 4.21 Å². The Kier molecular flexibility index (Phi) is 8.00. The second kappa shape index (κ2) is 10.8. The van der Waals surface area contributed by atoms with Gasteiger partial charge in [0.15, 0.2) is 0 Å². The van der Waals surface area contributed by atoms with E-state index in [0.717, 1.165) is 27.1 Å². The molecule has 1 saturated carbocycles. The fourth-order valence-electron chi connectivity index (χ4n) is 4.86. The van der Waals surface area contributed by atoms with E-state index in [1.807, 2.05) is 43.3 Å². The summed E-state index contributed by atoms with van der Waals surface area (Å²) in [5.41, 5.74) is 2.31. The molecule has 1 aliphatic carbocycles. The summed E-state index contributed by atoms with van der Waals surface area (Å²) in [6.07, 6.45) is 9.30. The van der Waals surface area contributed by atoms with Crippen LogP contribution in [0.25, 0.3) is 10.1 Å². The minimum Gasteiger partial charge on any atom is -0.310 e. The fraction of sp³-hybridized carbons (Fsp3) is 0.462. The minimum atomic E-state index is -3.71. The molecule has 33 heavy (non-hydrogen) atoms. The Labute approximate surface area is 206 Å². The monoisotopic (exact) mass is 504 g/mol. The van der Waals surface area contributed by atoms with Gasteiger partial charge in [-0.2, -0.15) is 0 Å². The molecule has 1 fully saturated rings. The zero-order valence-electron chi connectivity index (χ0n) is 19.4. The van der Waals surface area contributed by atoms with Crippen molar-refractivity contribution in [2.75, 3.05) is 4.72 Å². The third-order valence-electron chi connectivity index (χ3n) is 6.66. The molecule has 1 aliphatic rings. The first-order valence-electron chi connectivity index (χ1n) is 11.9. The molecule has 3 aromatic rings. The van der Waals surface area contributed by atoms with Gasteiger partial charge in [-0.3, -0.25) is 4.72 Å². The number of fused-ring (bicyclic) bond motifs is 1. The summed E-state index contributed by atoms with van der Waals surface area (Å²) in [7, 11) is -3.71. The lowest BCUT2D eigenvalue weighted by Gasteiger charge is -2.21. The van der Waals surface area contributed by atoms with Crippen molar-refractivity contribution in [2.45, 2.75) is 75.6 Å². The van der Waals surface area contributed by atoms with E-state index in [4.69, 9.17) is 11.6 Å². The molecule has 2 N–H and O–H groups in total. The lowest BCUT2D eigenvalue weighted by molar-refractivity contribution is 0.363. The number of benzene rings is 2. The third-order valence-corrected chi connectivity index (χ3v) is 10.2. The normalized spacial score (nSPS) is 16.6. The molecule has 2 aromatic carbocycles. The smallest absolute Gasteiger partial charge is 0.271 e. The van der Waals surface area contributed by atoms with Gasteiger partial charge in [-0.15, -0.1) is 11.3 Å². The SMILES string of the molecule is Cc1c(S(=O)(=O)Nc2ccccc2CN[C@@H](C)CC2CCCCCC2)sc2ccc(Cl)cc12. The van der Waals surface area contributed by atoms with Crippen LogP contribution in [0.4, 0.5) is 5.69 Å². The topological polar surface area (TPSA) is 58.2 Å². The Balaban J connectivity index is 1.46. The number of nitrogens with one attached hydrogen (secondary N) is 2. The summed E-state index contributed by atoms with van der Waals surface area (Å²) >= 11 is 7.41. The molecule has 4 nitrogen and oxygen atoms in total. The maximum absolute atomic E-state index is 13.3. The van der Waals surface area contributed by atoms with Gasteiger partial charge in [0.2, 0.25) is 0 Å². The van der Waals surface area contributed by atoms with E-state index in [0.29, 0.717) is 27.5 Å². The van der Waals surface area contributed by atoms with Gasteiger partial charge >= 0.3 is 0 Å². The molecule has 1 atom stereocenters. The minimum absolute atomic E-state index is 0.337. The summed E-state index contributed by atoms with van der Waals surface area (Å²) in [6.45, 7) is 4.71. The number of thiophene rings is 1. The van der Waals surface area contributed by atoms with Gasteiger partial charge in [-0.1, -0.05) is 68.3 Å². The van der Waals surface area contributed by atoms with E-state index in [2.05, 4.69) is 17.0 Å². The van der Waals surface area contributed by atoms with E-state index >= 15 is 0 Å². The Bertz CT molecular complexity index is 1200. The molecule has 178 valence electrons. The van der Waals surface area contributed by atoms with Crippen molar-refractivity contribution < 1.29 is 8.42 Å². The highest BCUT2D eigenvalue weighted by atomic mass is 35.5. The van der Waals surface area contributed by atoms with Gasteiger partial charge in [-0.25, -0.2) is 8.42 Å². The molecule has 4 rings (SSSR count). The van der Waals surface area contributed by atoms with E-state index < -0.39 is 10.0 Å². The summed E-state index contributed by atoms with van der Waals surface area (Å²) in [4.78, 5) is 0. The van der Waals surface area contributed by atoms with Gasteiger partial charge in [0.25, 0.3) is 10.0 Å². The highest BCUT2D eigenvalue weighted by Gasteiger charge is 2.23. The largest absolute Gasteiger partial charge is 0.310 e. The number of rotatable bonds is 8. The molecule has 0 unspecified atom stereocenters. The Morgan fingerprint density at radius 2 is 1.82 bits per heavy atom. The fourth-order valence-corrected chi connectivity index (χ4v) is 7.88. The summed E-state index contributed by atoms with van der Waals surface area (Å²) in [6, 6.07) is 13.5. The Morgan fingerprint density at radius 1 is 1.09 bits per heavy atom. The predicted octanol–water partition coefficient (Wildman–Crippen LogP) is 7.50. The third kappa shape index (κ3) is 6.10. The quantitative estimate of drug-likeness (QED) is 0.312. The van der Waals surface area contributed by atoms with Crippen LogP contribution in [0.5, 0.6) is 0 Å². The number of sulfonamides is 1. The van der Waals surface area contributed by atoms with Crippen LogP contribution in [0, 0.1) is 12.8 Å². The van der Waals surface area contributed by atoms with E-state index in [1.54, 1.807) is 6.07 Å². The number of para-hydroxylation sites is 1. The maximum Gasteiger partial charge on any atom is 0.271 e. The van der Waals surface area contributed by atoms with Gasteiger partial charge in [0, 0.05) is 22.3 Å². The van der Waals surface area contributed by atoms with Crippen LogP contribution in [-0.2, 0) is 16.6 Å². The predicted molar refractivity (Wildman–Crippen MR) is 141 cm³/mol. The van der Waals surface area contributed by atoms with Crippen LogP contribution >= 0.6 is 22.9 Å². The van der Waals surface area contributed by atoms with Crippen molar-refractivity contribution in [3.8, 4) is 0 Å². The number of aryl methyl sites for hydroxylation is 1. The molecule has 0 aliphatic heterocycles. The standard InChI is InChI=1S/C26H33ClN2O2S2/c1-18(15-20-9-5-3-4-6-10-20)28-17-21-11-7-8-12-24(21)29-33(30,31)26-19(2)23-16-22(27)13-14-25(23)32-26/h7-8,11-14,16,18,20,28-29H,3-6,9-10,15,17H2,1-2H3/t18-/m0/s1. The van der Waals surface area contributed by atoms with E-state index in [-0.39, 0.29) is 0 Å². The first kappa shape index (κ1) is 24.5. The molecular weight excluding hydrogens is 472 g/mol. The molecule has 0 radical (unpaired) electrons. The average molecular weight is 505 g/mol. The summed E-state index contributed by atoms with van der Waals surface area (Å²) in [5, 5.41) is 5.12. The van der Waals surface area contributed by atoms with Crippen LogP contribution < -0.4 is 10.0 Å². The molecule has 0 bridgehead atoms. The molecule has 0 spiro atoms. The van der Waals surface area contributed by atoms with Crippen molar-refractivity contribution in [1.29, 1.82) is 0 Å². The van der Waals surface area contributed by atoms with Crippen molar-refractivity contribution in [2.24, 2.45) is 5.92 Å².